The number of carbonyl (C=O) groups excluding carboxylic acids is 1. The smallest absolute Gasteiger partial charge is 0.224 e. The fraction of sp³-hybridized carbons (Fsp3) is 0.478. The van der Waals surface area contributed by atoms with Crippen LogP contribution in [0.25, 0.3) is 11.0 Å². The summed E-state index contributed by atoms with van der Waals surface area (Å²) in [5, 5.41) is 9.62. The third-order valence-electron chi connectivity index (χ3n) is 5.20. The van der Waals surface area contributed by atoms with Crippen LogP contribution in [-0.2, 0) is 22.5 Å². The Labute approximate surface area is 192 Å². The van der Waals surface area contributed by atoms with Crippen LogP contribution in [0.5, 0.6) is 0 Å². The van der Waals surface area contributed by atoms with E-state index < -0.39 is 0 Å². The predicted molar refractivity (Wildman–Crippen MR) is 127 cm³/mol. The SMILES string of the molecule is Cc1cccc(CC(=O)NCCn2ncc3c(N4CCOCC4)nc(SC(C)C)nc32)c1. The van der Waals surface area contributed by atoms with Gasteiger partial charge < -0.3 is 15.0 Å². The van der Waals surface area contributed by atoms with Crippen LogP contribution in [0, 0.1) is 6.92 Å². The molecule has 1 N–H and O–H groups in total. The highest BCUT2D eigenvalue weighted by Gasteiger charge is 2.20. The third-order valence-corrected chi connectivity index (χ3v) is 6.07. The lowest BCUT2D eigenvalue weighted by Gasteiger charge is -2.28. The summed E-state index contributed by atoms with van der Waals surface area (Å²) >= 11 is 1.64. The van der Waals surface area contributed by atoms with E-state index in [1.54, 1.807) is 11.8 Å². The third kappa shape index (κ3) is 5.58. The Kier molecular flexibility index (Phi) is 7.26. The van der Waals surface area contributed by atoms with Crippen molar-refractivity contribution in [3.05, 3.63) is 41.6 Å². The summed E-state index contributed by atoms with van der Waals surface area (Å²) in [6.45, 7) is 10.3. The maximum atomic E-state index is 12.4. The van der Waals surface area contributed by atoms with Gasteiger partial charge in [0.2, 0.25) is 5.91 Å². The van der Waals surface area contributed by atoms with Crippen LogP contribution >= 0.6 is 11.8 Å². The second-order valence-electron chi connectivity index (χ2n) is 8.22. The Morgan fingerprint density at radius 1 is 1.25 bits per heavy atom. The molecule has 32 heavy (non-hydrogen) atoms. The van der Waals surface area contributed by atoms with Crippen LogP contribution in [-0.4, -0.2) is 63.8 Å². The monoisotopic (exact) mass is 454 g/mol. The van der Waals surface area contributed by atoms with Crippen molar-refractivity contribution in [3.63, 3.8) is 0 Å². The van der Waals surface area contributed by atoms with Gasteiger partial charge in [-0.15, -0.1) is 0 Å². The van der Waals surface area contributed by atoms with Gasteiger partial charge in [0.05, 0.1) is 37.8 Å². The number of amides is 1. The number of aromatic nitrogens is 4. The molecule has 1 amide bonds. The Morgan fingerprint density at radius 2 is 2.06 bits per heavy atom. The molecule has 1 fully saturated rings. The molecule has 0 aliphatic carbocycles. The van der Waals surface area contributed by atoms with Gasteiger partial charge in [0.25, 0.3) is 0 Å². The molecule has 170 valence electrons. The quantitative estimate of drug-likeness (QED) is 0.414. The van der Waals surface area contributed by atoms with Gasteiger partial charge in [0, 0.05) is 24.9 Å². The lowest BCUT2D eigenvalue weighted by molar-refractivity contribution is -0.120. The minimum Gasteiger partial charge on any atom is -0.378 e. The van der Waals surface area contributed by atoms with Crippen molar-refractivity contribution < 1.29 is 9.53 Å². The summed E-state index contributed by atoms with van der Waals surface area (Å²) < 4.78 is 7.37. The highest BCUT2D eigenvalue weighted by Crippen LogP contribution is 2.29. The number of carbonyl (C=O) groups is 1. The lowest BCUT2D eigenvalue weighted by atomic mass is 10.1. The van der Waals surface area contributed by atoms with Gasteiger partial charge >= 0.3 is 0 Å². The van der Waals surface area contributed by atoms with Crippen molar-refractivity contribution in [1.82, 2.24) is 25.1 Å². The molecule has 3 heterocycles. The molecular weight excluding hydrogens is 424 g/mol. The molecule has 9 heteroatoms. The van der Waals surface area contributed by atoms with E-state index in [9.17, 15) is 4.79 Å². The van der Waals surface area contributed by atoms with Crippen molar-refractivity contribution in [3.8, 4) is 0 Å². The molecule has 1 aromatic carbocycles. The first kappa shape index (κ1) is 22.5. The number of hydrogen-bond acceptors (Lipinski definition) is 7. The van der Waals surface area contributed by atoms with Crippen LogP contribution < -0.4 is 10.2 Å². The molecule has 0 bridgehead atoms. The summed E-state index contributed by atoms with van der Waals surface area (Å²) in [5.74, 6) is 0.919. The number of rotatable bonds is 8. The number of anilines is 1. The Balaban J connectivity index is 1.48. The summed E-state index contributed by atoms with van der Waals surface area (Å²) in [6.07, 6.45) is 2.21. The Hall–Kier alpha value is -2.65. The van der Waals surface area contributed by atoms with E-state index in [1.165, 1.54) is 0 Å². The van der Waals surface area contributed by atoms with Crippen LogP contribution in [0.1, 0.15) is 25.0 Å². The van der Waals surface area contributed by atoms with Gasteiger partial charge in [-0.2, -0.15) is 5.10 Å². The molecule has 0 unspecified atom stereocenters. The number of thioether (sulfide) groups is 1. The molecule has 0 spiro atoms. The molecule has 4 rings (SSSR count). The molecule has 0 radical (unpaired) electrons. The molecule has 0 saturated carbocycles. The van der Waals surface area contributed by atoms with Gasteiger partial charge in [-0.25, -0.2) is 14.6 Å². The zero-order valence-electron chi connectivity index (χ0n) is 18.9. The standard InChI is InChI=1S/C23H30N6O2S/c1-16(2)32-23-26-21(28-9-11-31-12-10-28)19-15-25-29(22(19)27-23)8-7-24-20(30)14-18-6-4-5-17(3)13-18/h4-6,13,15-16H,7-12,14H2,1-3H3,(H,24,30). The van der Waals surface area contributed by atoms with Crippen LogP contribution in [0.3, 0.4) is 0 Å². The van der Waals surface area contributed by atoms with Gasteiger partial charge in [-0.1, -0.05) is 55.4 Å². The van der Waals surface area contributed by atoms with Crippen LogP contribution in [0.4, 0.5) is 5.82 Å². The summed E-state index contributed by atoms with van der Waals surface area (Å²) in [4.78, 5) is 24.2. The fourth-order valence-electron chi connectivity index (χ4n) is 3.74. The normalized spacial score (nSPS) is 14.3. The van der Waals surface area contributed by atoms with E-state index >= 15 is 0 Å². The Bertz CT molecular complexity index is 1080. The Morgan fingerprint density at radius 3 is 2.81 bits per heavy atom. The maximum absolute atomic E-state index is 12.4. The number of fused-ring (bicyclic) bond motifs is 1. The number of hydrogen-bond donors (Lipinski definition) is 1. The first-order valence-electron chi connectivity index (χ1n) is 11.0. The molecule has 2 aromatic heterocycles. The van der Waals surface area contributed by atoms with Gasteiger partial charge in [0.1, 0.15) is 5.82 Å². The fourth-order valence-corrected chi connectivity index (χ4v) is 4.44. The van der Waals surface area contributed by atoms with Crippen molar-refractivity contribution in [1.29, 1.82) is 0 Å². The highest BCUT2D eigenvalue weighted by atomic mass is 32.2. The van der Waals surface area contributed by atoms with E-state index in [0.717, 1.165) is 46.2 Å². The van der Waals surface area contributed by atoms with Crippen molar-refractivity contribution in [2.45, 2.75) is 44.1 Å². The van der Waals surface area contributed by atoms with Gasteiger partial charge in [0.15, 0.2) is 10.8 Å². The second-order valence-corrected chi connectivity index (χ2v) is 9.76. The average molecular weight is 455 g/mol. The van der Waals surface area contributed by atoms with E-state index in [1.807, 2.05) is 42.1 Å². The topological polar surface area (TPSA) is 85.2 Å². The number of morpholine rings is 1. The molecule has 1 saturated heterocycles. The van der Waals surface area contributed by atoms with Gasteiger partial charge in [-0.3, -0.25) is 4.79 Å². The first-order valence-corrected chi connectivity index (χ1v) is 11.9. The lowest BCUT2D eigenvalue weighted by Crippen LogP contribution is -2.37. The minimum atomic E-state index is 0.00625. The van der Waals surface area contributed by atoms with Crippen LogP contribution in [0.15, 0.2) is 35.6 Å². The molecule has 1 aliphatic rings. The first-order chi connectivity index (χ1) is 15.5. The summed E-state index contributed by atoms with van der Waals surface area (Å²) in [5.41, 5.74) is 2.98. The van der Waals surface area contributed by atoms with Crippen molar-refractivity contribution in [2.24, 2.45) is 0 Å². The number of aryl methyl sites for hydroxylation is 1. The van der Waals surface area contributed by atoms with E-state index in [2.05, 4.69) is 29.2 Å². The van der Waals surface area contributed by atoms with E-state index in [4.69, 9.17) is 14.7 Å². The van der Waals surface area contributed by atoms with E-state index in [0.29, 0.717) is 38.0 Å². The number of benzene rings is 1. The van der Waals surface area contributed by atoms with E-state index in [-0.39, 0.29) is 5.91 Å². The second kappa shape index (κ2) is 10.3. The average Bonchev–Trinajstić information content (AvgIpc) is 3.16. The van der Waals surface area contributed by atoms with Gasteiger partial charge in [-0.05, 0) is 12.5 Å². The number of nitrogens with zero attached hydrogens (tertiary/aromatic N) is 5. The number of nitrogens with one attached hydrogen (secondary N) is 1. The zero-order chi connectivity index (χ0) is 22.5. The maximum Gasteiger partial charge on any atom is 0.224 e. The van der Waals surface area contributed by atoms with Crippen molar-refractivity contribution in [2.75, 3.05) is 37.7 Å². The summed E-state index contributed by atoms with van der Waals surface area (Å²) in [6, 6.07) is 8.03. The molecule has 1 aliphatic heterocycles. The van der Waals surface area contributed by atoms with Crippen molar-refractivity contribution >= 4 is 34.5 Å². The van der Waals surface area contributed by atoms with Crippen LogP contribution in [0.2, 0.25) is 0 Å². The molecule has 8 nitrogen and oxygen atoms in total. The number of ether oxygens (including phenoxy) is 1. The zero-order valence-corrected chi connectivity index (χ0v) is 19.7. The minimum absolute atomic E-state index is 0.00625. The largest absolute Gasteiger partial charge is 0.378 e. The molecule has 0 atom stereocenters. The molecular formula is C23H30N6O2S. The highest BCUT2D eigenvalue weighted by molar-refractivity contribution is 7.99. The summed E-state index contributed by atoms with van der Waals surface area (Å²) in [7, 11) is 0. The predicted octanol–water partition coefficient (Wildman–Crippen LogP) is 2.83. The molecule has 3 aromatic rings.